The van der Waals surface area contributed by atoms with E-state index in [4.69, 9.17) is 4.42 Å². The largest absolute Gasteiger partial charge is 0.507 e. The molecule has 0 fully saturated rings. The van der Waals surface area contributed by atoms with Crippen molar-refractivity contribution in [2.45, 2.75) is 32.6 Å². The molecule has 0 bridgehead atoms. The highest BCUT2D eigenvalue weighted by Gasteiger charge is 2.16. The molecule has 1 heterocycles. The molecule has 1 aromatic rings. The Hall–Kier alpha value is -1.84. The number of carbonyl (C=O) groups excluding carboxylic acids is 1. The van der Waals surface area contributed by atoms with Crippen LogP contribution >= 0.6 is 0 Å². The van der Waals surface area contributed by atoms with Crippen LogP contribution in [0, 0.1) is 0 Å². The van der Waals surface area contributed by atoms with E-state index >= 15 is 0 Å². The van der Waals surface area contributed by atoms with Gasteiger partial charge < -0.3 is 9.52 Å². The molecular formula is C13H16O4. The van der Waals surface area contributed by atoms with Crippen LogP contribution in [0.1, 0.15) is 42.3 Å². The third kappa shape index (κ3) is 3.31. The molecule has 0 aliphatic rings. The number of carbonyl (C=O) groups is 1. The fourth-order valence-electron chi connectivity index (χ4n) is 1.51. The quantitative estimate of drug-likeness (QED) is 0.468. The van der Waals surface area contributed by atoms with Gasteiger partial charge in [0.25, 0.3) is 0 Å². The van der Waals surface area contributed by atoms with Crippen LogP contribution in [0.5, 0.6) is 5.75 Å². The summed E-state index contributed by atoms with van der Waals surface area (Å²) in [5, 5.41) is 9.63. The third-order valence-corrected chi connectivity index (χ3v) is 2.41. The Morgan fingerprint density at radius 3 is 2.82 bits per heavy atom. The van der Waals surface area contributed by atoms with Crippen molar-refractivity contribution in [3.05, 3.63) is 40.5 Å². The molecule has 1 N–H and O–H groups in total. The average molecular weight is 236 g/mol. The zero-order valence-electron chi connectivity index (χ0n) is 9.86. The summed E-state index contributed by atoms with van der Waals surface area (Å²) < 4.78 is 4.99. The van der Waals surface area contributed by atoms with E-state index in [2.05, 4.69) is 6.58 Å². The van der Waals surface area contributed by atoms with Crippen LogP contribution in [-0.2, 0) is 6.42 Å². The van der Waals surface area contributed by atoms with E-state index in [0.29, 0.717) is 12.2 Å². The lowest BCUT2D eigenvalue weighted by molar-refractivity contribution is 0.0981. The SMILES string of the molecule is C=CCCCc1cc(O)c(C(=O)CC)c(=O)o1. The second kappa shape index (κ2) is 6.03. The minimum Gasteiger partial charge on any atom is -0.507 e. The van der Waals surface area contributed by atoms with Gasteiger partial charge in [-0.05, 0) is 12.8 Å². The molecule has 0 saturated heterocycles. The van der Waals surface area contributed by atoms with Gasteiger partial charge in [-0.2, -0.15) is 0 Å². The molecule has 0 amide bonds. The lowest BCUT2D eigenvalue weighted by Crippen LogP contribution is -2.14. The first-order valence-corrected chi connectivity index (χ1v) is 5.60. The Labute approximate surface area is 99.6 Å². The molecule has 0 saturated carbocycles. The number of allylic oxidation sites excluding steroid dienone is 1. The molecular weight excluding hydrogens is 220 g/mol. The van der Waals surface area contributed by atoms with Crippen LogP contribution < -0.4 is 5.63 Å². The summed E-state index contributed by atoms with van der Waals surface area (Å²) in [6, 6.07) is 1.34. The first-order valence-electron chi connectivity index (χ1n) is 5.60. The van der Waals surface area contributed by atoms with Crippen molar-refractivity contribution in [3.8, 4) is 5.75 Å². The van der Waals surface area contributed by atoms with E-state index in [1.54, 1.807) is 13.0 Å². The number of aromatic hydroxyl groups is 1. The van der Waals surface area contributed by atoms with Crippen LogP contribution in [0.15, 0.2) is 27.9 Å². The molecule has 17 heavy (non-hydrogen) atoms. The number of rotatable bonds is 6. The minimum atomic E-state index is -0.759. The fourth-order valence-corrected chi connectivity index (χ4v) is 1.51. The monoisotopic (exact) mass is 236 g/mol. The van der Waals surface area contributed by atoms with Gasteiger partial charge in [-0.25, -0.2) is 4.79 Å². The van der Waals surface area contributed by atoms with Gasteiger partial charge in [0.1, 0.15) is 17.1 Å². The van der Waals surface area contributed by atoms with Crippen molar-refractivity contribution < 1.29 is 14.3 Å². The summed E-state index contributed by atoms with van der Waals surface area (Å²) in [5.41, 5.74) is -1.01. The Balaban J connectivity index is 2.97. The van der Waals surface area contributed by atoms with Crippen molar-refractivity contribution in [1.29, 1.82) is 0 Å². The van der Waals surface area contributed by atoms with E-state index in [1.807, 2.05) is 0 Å². The van der Waals surface area contributed by atoms with E-state index in [9.17, 15) is 14.7 Å². The van der Waals surface area contributed by atoms with Gasteiger partial charge >= 0.3 is 5.63 Å². The normalized spacial score (nSPS) is 10.2. The summed E-state index contributed by atoms with van der Waals surface area (Å²) in [5.74, 6) is -0.308. The predicted molar refractivity (Wildman–Crippen MR) is 64.4 cm³/mol. The van der Waals surface area contributed by atoms with Crippen molar-refractivity contribution >= 4 is 5.78 Å². The van der Waals surface area contributed by atoms with Gasteiger partial charge in [-0.3, -0.25) is 4.79 Å². The Kier molecular flexibility index (Phi) is 4.69. The second-order valence-corrected chi connectivity index (χ2v) is 3.72. The Morgan fingerprint density at radius 1 is 1.59 bits per heavy atom. The van der Waals surface area contributed by atoms with Crippen molar-refractivity contribution in [3.63, 3.8) is 0 Å². The van der Waals surface area contributed by atoms with Crippen LogP contribution in [-0.4, -0.2) is 10.9 Å². The van der Waals surface area contributed by atoms with Gasteiger partial charge in [0.2, 0.25) is 0 Å². The fraction of sp³-hybridized carbons (Fsp3) is 0.385. The minimum absolute atomic E-state index is 0.161. The van der Waals surface area contributed by atoms with Crippen molar-refractivity contribution in [1.82, 2.24) is 0 Å². The highest BCUT2D eigenvalue weighted by atomic mass is 16.4. The maximum absolute atomic E-state index is 11.5. The summed E-state index contributed by atoms with van der Waals surface area (Å²) in [7, 11) is 0. The first-order chi connectivity index (χ1) is 8.10. The number of Topliss-reactive ketones (excluding diaryl/α,β-unsaturated/α-hetero) is 1. The molecule has 0 aromatic carbocycles. The van der Waals surface area contributed by atoms with Crippen LogP contribution in [0.4, 0.5) is 0 Å². The average Bonchev–Trinajstić information content (AvgIpc) is 2.28. The van der Waals surface area contributed by atoms with E-state index in [0.717, 1.165) is 12.8 Å². The summed E-state index contributed by atoms with van der Waals surface area (Å²) in [4.78, 5) is 22.9. The van der Waals surface area contributed by atoms with Gasteiger partial charge in [0, 0.05) is 18.9 Å². The van der Waals surface area contributed by atoms with E-state index in [1.165, 1.54) is 6.07 Å². The van der Waals surface area contributed by atoms with Gasteiger partial charge in [0.05, 0.1) is 0 Å². The molecule has 0 spiro atoms. The molecule has 4 nitrogen and oxygen atoms in total. The summed E-state index contributed by atoms with van der Waals surface area (Å²) in [6.45, 7) is 5.21. The van der Waals surface area contributed by atoms with Crippen LogP contribution in [0.2, 0.25) is 0 Å². The van der Waals surface area contributed by atoms with Crippen molar-refractivity contribution in [2.24, 2.45) is 0 Å². The predicted octanol–water partition coefficient (Wildman–Crippen LogP) is 2.45. The highest BCUT2D eigenvalue weighted by molar-refractivity contribution is 5.97. The zero-order chi connectivity index (χ0) is 12.8. The van der Waals surface area contributed by atoms with Crippen LogP contribution in [0.25, 0.3) is 0 Å². The number of hydrogen-bond acceptors (Lipinski definition) is 4. The van der Waals surface area contributed by atoms with Crippen LogP contribution in [0.3, 0.4) is 0 Å². The van der Waals surface area contributed by atoms with Gasteiger partial charge in [0.15, 0.2) is 5.78 Å². The number of ketones is 1. The van der Waals surface area contributed by atoms with Crippen molar-refractivity contribution in [2.75, 3.05) is 0 Å². The third-order valence-electron chi connectivity index (χ3n) is 2.41. The molecule has 0 radical (unpaired) electrons. The standard InChI is InChI=1S/C13H16O4/c1-3-5-6-7-9-8-11(15)12(10(14)4-2)13(16)17-9/h3,8,15H,1,4-7H2,2H3. The first kappa shape index (κ1) is 13.2. The van der Waals surface area contributed by atoms with Gasteiger partial charge in [-0.1, -0.05) is 13.0 Å². The molecule has 0 atom stereocenters. The molecule has 4 heteroatoms. The maximum Gasteiger partial charge on any atom is 0.350 e. The van der Waals surface area contributed by atoms with E-state index in [-0.39, 0.29) is 17.7 Å². The Morgan fingerprint density at radius 2 is 2.29 bits per heavy atom. The molecule has 0 aliphatic heterocycles. The smallest absolute Gasteiger partial charge is 0.350 e. The van der Waals surface area contributed by atoms with Gasteiger partial charge in [-0.15, -0.1) is 6.58 Å². The maximum atomic E-state index is 11.5. The molecule has 1 rings (SSSR count). The molecule has 1 aromatic heterocycles. The number of hydrogen-bond donors (Lipinski definition) is 1. The summed E-state index contributed by atoms with van der Waals surface area (Å²) in [6.07, 6.45) is 4.06. The second-order valence-electron chi connectivity index (χ2n) is 3.72. The topological polar surface area (TPSA) is 67.5 Å². The molecule has 92 valence electrons. The summed E-state index contributed by atoms with van der Waals surface area (Å²) >= 11 is 0. The number of unbranched alkanes of at least 4 members (excludes halogenated alkanes) is 1. The highest BCUT2D eigenvalue weighted by Crippen LogP contribution is 2.17. The Bertz CT molecular complexity index is 471. The lowest BCUT2D eigenvalue weighted by atomic mass is 10.1. The number of aryl methyl sites for hydroxylation is 1. The van der Waals surface area contributed by atoms with E-state index < -0.39 is 11.4 Å². The molecule has 0 unspecified atom stereocenters. The molecule has 0 aliphatic carbocycles. The lowest BCUT2D eigenvalue weighted by Gasteiger charge is -2.03. The zero-order valence-corrected chi connectivity index (χ0v) is 9.86.